The Morgan fingerprint density at radius 3 is 2.00 bits per heavy atom. The van der Waals surface area contributed by atoms with Crippen molar-refractivity contribution in [3.8, 4) is 0 Å². The summed E-state index contributed by atoms with van der Waals surface area (Å²) in [5, 5.41) is 0. The molecule has 6 nitrogen and oxygen atoms in total. The maximum Gasteiger partial charge on any atom is 0.416 e. The van der Waals surface area contributed by atoms with E-state index in [1.807, 2.05) is 65.6 Å². The summed E-state index contributed by atoms with van der Waals surface area (Å²) in [5.41, 5.74) is -2.79. The number of ether oxygens (including phenoxy) is 1. The first-order valence-corrected chi connectivity index (χ1v) is 15.0. The Kier molecular flexibility index (Phi) is 8.17. The van der Waals surface area contributed by atoms with Crippen LogP contribution >= 0.6 is 0 Å². The minimum absolute atomic E-state index is 0.0118. The average Bonchev–Trinajstić information content (AvgIpc) is 3.02. The van der Waals surface area contributed by atoms with Crippen molar-refractivity contribution in [1.82, 2.24) is 14.7 Å². The van der Waals surface area contributed by atoms with Crippen LogP contribution in [-0.4, -0.2) is 64.8 Å². The number of piperazine rings is 2. The molecule has 2 bridgehead atoms. The monoisotopic (exact) mass is 645 g/mol. The Hall–Kier alpha value is -3.90. The fourth-order valence-electron chi connectivity index (χ4n) is 7.12. The smallest absolute Gasteiger partial charge is 0.372 e. The Bertz CT molecular complexity index is 1570. The first-order chi connectivity index (χ1) is 21.7. The van der Waals surface area contributed by atoms with E-state index in [4.69, 9.17) is 4.74 Å². The number of nitrogens with zero attached hydrogens (tertiary/aromatic N) is 3. The third-order valence-electron chi connectivity index (χ3n) is 9.60. The Morgan fingerprint density at radius 2 is 1.39 bits per heavy atom. The third kappa shape index (κ3) is 6.00. The zero-order chi connectivity index (χ0) is 32.9. The molecule has 3 aromatic carbocycles. The minimum atomic E-state index is -4.98. The summed E-state index contributed by atoms with van der Waals surface area (Å²) in [6.07, 6.45) is -10.1. The van der Waals surface area contributed by atoms with E-state index in [1.165, 1.54) is 6.92 Å². The number of piperidine rings is 1. The van der Waals surface area contributed by atoms with Crippen molar-refractivity contribution in [3.05, 3.63) is 107 Å². The highest BCUT2D eigenvalue weighted by atomic mass is 19.4. The van der Waals surface area contributed by atoms with Gasteiger partial charge in [-0.15, -0.1) is 0 Å². The van der Waals surface area contributed by atoms with Crippen molar-refractivity contribution in [2.75, 3.05) is 32.8 Å². The van der Waals surface area contributed by atoms with E-state index in [1.54, 1.807) is 9.80 Å². The number of benzene rings is 3. The number of halogens is 6. The fourth-order valence-corrected chi connectivity index (χ4v) is 7.12. The lowest BCUT2D eigenvalue weighted by atomic mass is 9.71. The average molecular weight is 646 g/mol. The van der Waals surface area contributed by atoms with Gasteiger partial charge in [-0.1, -0.05) is 60.7 Å². The van der Waals surface area contributed by atoms with Gasteiger partial charge in [-0.25, -0.2) is 0 Å². The molecule has 3 aliphatic rings. The molecule has 3 aliphatic heterocycles. The zero-order valence-electron chi connectivity index (χ0n) is 25.1. The van der Waals surface area contributed by atoms with E-state index in [0.717, 1.165) is 11.1 Å². The van der Waals surface area contributed by atoms with Crippen molar-refractivity contribution >= 4 is 11.8 Å². The molecular formula is C34H33F6N3O3. The predicted molar refractivity (Wildman–Crippen MR) is 156 cm³/mol. The number of carbonyl (C=O) groups is 2. The molecule has 0 aliphatic carbocycles. The van der Waals surface area contributed by atoms with E-state index in [-0.39, 0.29) is 43.1 Å². The molecule has 3 aromatic rings. The predicted octanol–water partition coefficient (Wildman–Crippen LogP) is 6.42. The van der Waals surface area contributed by atoms with Gasteiger partial charge in [0, 0.05) is 19.6 Å². The summed E-state index contributed by atoms with van der Waals surface area (Å²) in [7, 11) is 0. The van der Waals surface area contributed by atoms with Crippen molar-refractivity contribution in [1.29, 1.82) is 0 Å². The van der Waals surface area contributed by atoms with Gasteiger partial charge in [0.2, 0.25) is 11.8 Å². The number of fused-ring (bicyclic) bond motifs is 1. The lowest BCUT2D eigenvalue weighted by molar-refractivity contribution is -0.185. The summed E-state index contributed by atoms with van der Waals surface area (Å²) >= 11 is 0. The quantitative estimate of drug-likeness (QED) is 0.279. The molecule has 0 aromatic heterocycles. The van der Waals surface area contributed by atoms with E-state index >= 15 is 0 Å². The molecule has 2 amide bonds. The molecule has 244 valence electrons. The second kappa shape index (κ2) is 11.7. The Labute approximate surface area is 262 Å². The molecule has 0 saturated carbocycles. The summed E-state index contributed by atoms with van der Waals surface area (Å²) < 4.78 is 87.6. The molecule has 0 radical (unpaired) electrons. The molecule has 46 heavy (non-hydrogen) atoms. The van der Waals surface area contributed by atoms with Gasteiger partial charge in [0.05, 0.1) is 41.5 Å². The molecule has 1 spiro atoms. The van der Waals surface area contributed by atoms with Gasteiger partial charge in [0.25, 0.3) is 0 Å². The highest BCUT2D eigenvalue weighted by Crippen LogP contribution is 2.48. The van der Waals surface area contributed by atoms with Gasteiger partial charge in [-0.05, 0) is 54.7 Å². The molecule has 12 heteroatoms. The SMILES string of the molecule is C[C@@H](OC[C@@]1(c2ccccc2)CCC23CN(Cc4ccccc4)C(=O)CN2C(=O)CN1C3)c1cc(C(F)(F)F)cc(C(F)(F)F)c1. The van der Waals surface area contributed by atoms with Crippen LogP contribution in [0, 0.1) is 0 Å². The van der Waals surface area contributed by atoms with Crippen LogP contribution in [0.2, 0.25) is 0 Å². The normalized spacial score (nSPS) is 25.8. The topological polar surface area (TPSA) is 53.1 Å². The standard InChI is InChI=1S/C34H33F6N3O3/c1-23(25-14-27(33(35,36)37)16-28(15-25)34(38,39)40)46-22-32(26-10-6-3-7-11-26)13-12-31-20-41(17-24-8-4-2-5-9-24)29(44)19-43(31)30(45)18-42(32)21-31/h2-11,14-16,23H,12-13,17-22H2,1H3/t23-,31?,32-/m1/s1. The molecule has 0 N–H and O–H groups in total. The molecule has 3 saturated heterocycles. The van der Waals surface area contributed by atoms with Crippen molar-refractivity contribution in [2.24, 2.45) is 0 Å². The summed E-state index contributed by atoms with van der Waals surface area (Å²) in [6.45, 7) is 2.48. The first kappa shape index (κ1) is 32.1. The summed E-state index contributed by atoms with van der Waals surface area (Å²) in [4.78, 5) is 32.3. The Morgan fingerprint density at radius 1 is 0.783 bits per heavy atom. The first-order valence-electron chi connectivity index (χ1n) is 15.0. The number of hydrogen-bond donors (Lipinski definition) is 0. The van der Waals surface area contributed by atoms with E-state index < -0.39 is 40.7 Å². The minimum Gasteiger partial charge on any atom is -0.372 e. The second-order valence-corrected chi connectivity index (χ2v) is 12.5. The van der Waals surface area contributed by atoms with Gasteiger partial charge in [0.15, 0.2) is 0 Å². The van der Waals surface area contributed by atoms with Crippen LogP contribution in [0.25, 0.3) is 0 Å². The molecule has 3 fully saturated rings. The highest BCUT2D eigenvalue weighted by Gasteiger charge is 2.59. The van der Waals surface area contributed by atoms with Crippen LogP contribution in [-0.2, 0) is 38.8 Å². The number of amides is 2. The maximum atomic E-state index is 13.6. The van der Waals surface area contributed by atoms with Gasteiger partial charge >= 0.3 is 12.4 Å². The number of hydrogen-bond acceptors (Lipinski definition) is 4. The van der Waals surface area contributed by atoms with E-state index in [0.29, 0.717) is 44.6 Å². The molecule has 4 atom stereocenters. The van der Waals surface area contributed by atoms with Crippen molar-refractivity contribution < 1.29 is 40.7 Å². The zero-order valence-corrected chi connectivity index (χ0v) is 25.1. The van der Waals surface area contributed by atoms with Gasteiger partial charge < -0.3 is 14.5 Å². The number of alkyl halides is 6. The number of rotatable bonds is 7. The second-order valence-electron chi connectivity index (χ2n) is 12.5. The van der Waals surface area contributed by atoms with Crippen LogP contribution in [0.3, 0.4) is 0 Å². The van der Waals surface area contributed by atoms with Crippen LogP contribution in [0.4, 0.5) is 26.3 Å². The molecular weight excluding hydrogens is 612 g/mol. The van der Waals surface area contributed by atoms with Crippen LogP contribution in [0.5, 0.6) is 0 Å². The van der Waals surface area contributed by atoms with Crippen LogP contribution in [0.15, 0.2) is 78.9 Å². The van der Waals surface area contributed by atoms with Gasteiger partial charge in [-0.3, -0.25) is 14.5 Å². The van der Waals surface area contributed by atoms with Gasteiger partial charge in [-0.2, -0.15) is 26.3 Å². The van der Waals surface area contributed by atoms with E-state index in [2.05, 4.69) is 0 Å². The lowest BCUT2D eigenvalue weighted by Crippen LogP contribution is -2.78. The van der Waals surface area contributed by atoms with Crippen LogP contribution in [0.1, 0.15) is 53.7 Å². The van der Waals surface area contributed by atoms with E-state index in [9.17, 15) is 35.9 Å². The molecule has 2 unspecified atom stereocenters. The molecule has 3 heterocycles. The van der Waals surface area contributed by atoms with Crippen molar-refractivity contribution in [3.63, 3.8) is 0 Å². The number of carbonyl (C=O) groups excluding carboxylic acids is 2. The lowest BCUT2D eigenvalue weighted by Gasteiger charge is -2.63. The molecule has 6 rings (SSSR count). The third-order valence-corrected chi connectivity index (χ3v) is 9.60. The summed E-state index contributed by atoms with van der Waals surface area (Å²) in [5.74, 6) is -0.340. The highest BCUT2D eigenvalue weighted by molar-refractivity contribution is 5.89. The Balaban J connectivity index is 1.29. The van der Waals surface area contributed by atoms with Crippen molar-refractivity contribution in [2.45, 2.75) is 55.8 Å². The van der Waals surface area contributed by atoms with Gasteiger partial charge in [0.1, 0.15) is 6.54 Å². The van der Waals surface area contributed by atoms with Crippen LogP contribution < -0.4 is 0 Å². The maximum absolute atomic E-state index is 13.6. The largest absolute Gasteiger partial charge is 0.416 e. The summed E-state index contributed by atoms with van der Waals surface area (Å²) in [6, 6.07) is 20.4. The fraction of sp³-hybridized carbons (Fsp3) is 0.412.